The number of allylic oxidation sites excluding steroid dienone is 1. The minimum atomic E-state index is -0.454. The summed E-state index contributed by atoms with van der Waals surface area (Å²) in [5.41, 5.74) is 2.67. The summed E-state index contributed by atoms with van der Waals surface area (Å²) in [4.78, 5) is 43.5. The molecule has 8 heteroatoms. The highest BCUT2D eigenvalue weighted by Crippen LogP contribution is 2.30. The van der Waals surface area contributed by atoms with Gasteiger partial charge in [-0.3, -0.25) is 4.79 Å². The van der Waals surface area contributed by atoms with Crippen molar-refractivity contribution in [3.63, 3.8) is 0 Å². The van der Waals surface area contributed by atoms with E-state index in [9.17, 15) is 14.4 Å². The molecule has 0 N–H and O–H groups in total. The summed E-state index contributed by atoms with van der Waals surface area (Å²) in [6.45, 7) is 0.872. The Morgan fingerprint density at radius 2 is 2.03 bits per heavy atom. The molecule has 1 atom stereocenters. The van der Waals surface area contributed by atoms with Gasteiger partial charge in [0.2, 0.25) is 0 Å². The first-order valence-corrected chi connectivity index (χ1v) is 11.7. The van der Waals surface area contributed by atoms with Crippen LogP contribution in [0.4, 0.5) is 10.5 Å². The first kappa shape index (κ1) is 19.3. The van der Waals surface area contributed by atoms with Crippen molar-refractivity contribution < 1.29 is 19.0 Å². The molecule has 152 valence electrons. The Hall–Kier alpha value is -2.71. The van der Waals surface area contributed by atoms with Gasteiger partial charge >= 0.3 is 11.9 Å². The molecule has 4 amide bonds. The van der Waals surface area contributed by atoms with E-state index in [1.54, 1.807) is 22.3 Å². The Labute approximate surface area is 182 Å². The molecule has 0 radical (unpaired) electrons. The van der Waals surface area contributed by atoms with Gasteiger partial charge in [-0.15, -0.1) is 23.1 Å². The first-order valence-electron chi connectivity index (χ1n) is 9.86. The summed E-state index contributed by atoms with van der Waals surface area (Å²) in [6, 6.07) is 11.4. The fourth-order valence-corrected chi connectivity index (χ4v) is 5.77. The number of fused-ring (bicyclic) bond motifs is 2. The third-order valence-electron chi connectivity index (χ3n) is 5.63. The van der Waals surface area contributed by atoms with Gasteiger partial charge in [0, 0.05) is 23.5 Å². The maximum Gasteiger partial charge on any atom is 0.501 e. The zero-order valence-electron chi connectivity index (χ0n) is 16.2. The van der Waals surface area contributed by atoms with Gasteiger partial charge < -0.3 is 4.90 Å². The van der Waals surface area contributed by atoms with Crippen molar-refractivity contribution >= 4 is 52.3 Å². The number of para-hydroxylation sites is 1. The van der Waals surface area contributed by atoms with Crippen molar-refractivity contribution in [1.82, 2.24) is 4.90 Å². The van der Waals surface area contributed by atoms with Crippen LogP contribution in [0.3, 0.4) is 0 Å². The smallest absolute Gasteiger partial charge is 0.308 e. The molecular weight excluding hydrogens is 418 g/mol. The average Bonchev–Trinajstić information content (AvgIpc) is 3.51. The highest BCUT2D eigenvalue weighted by Gasteiger charge is 2.49. The fraction of sp³-hybridized carbons (Fsp3) is 0.273. The molecule has 1 aromatic heterocycles. The monoisotopic (exact) mass is 438 g/mol. The summed E-state index contributed by atoms with van der Waals surface area (Å²) in [7, 11) is 0. The van der Waals surface area contributed by atoms with E-state index < -0.39 is 11.3 Å². The maximum absolute atomic E-state index is 13.2. The molecule has 30 heavy (non-hydrogen) atoms. The minimum absolute atomic E-state index is 0.0628. The van der Waals surface area contributed by atoms with E-state index in [-0.39, 0.29) is 18.4 Å². The largest absolute Gasteiger partial charge is 0.501 e. The second kappa shape index (κ2) is 7.85. The van der Waals surface area contributed by atoms with E-state index in [2.05, 4.69) is 0 Å². The van der Waals surface area contributed by atoms with Crippen LogP contribution in [0.2, 0.25) is 0 Å². The predicted octanol–water partition coefficient (Wildman–Crippen LogP) is 2.92. The van der Waals surface area contributed by atoms with Crippen LogP contribution >= 0.6 is 23.1 Å². The molecule has 0 spiro atoms. The number of nitrogens with zero attached hydrogens (tertiary/aromatic N) is 3. The zero-order valence-corrected chi connectivity index (χ0v) is 17.8. The van der Waals surface area contributed by atoms with Crippen LogP contribution in [0.25, 0.3) is 0 Å². The lowest BCUT2D eigenvalue weighted by molar-refractivity contribution is -0.426. The summed E-state index contributed by atoms with van der Waals surface area (Å²) in [5, 5.41) is 3.36. The van der Waals surface area contributed by atoms with Crippen molar-refractivity contribution in [1.29, 1.82) is 0 Å². The number of amides is 4. The van der Waals surface area contributed by atoms with Crippen LogP contribution in [0.15, 0.2) is 53.3 Å². The fourth-order valence-electron chi connectivity index (χ4n) is 4.11. The number of carbonyl (C=O) groups is 3. The molecule has 1 unspecified atom stereocenters. The van der Waals surface area contributed by atoms with Gasteiger partial charge in [0.05, 0.1) is 0 Å². The molecule has 3 aliphatic rings. The Bertz CT molecular complexity index is 1090. The van der Waals surface area contributed by atoms with Gasteiger partial charge in [-0.25, -0.2) is 4.79 Å². The lowest BCUT2D eigenvalue weighted by Crippen LogP contribution is -2.57. The van der Waals surface area contributed by atoms with Crippen LogP contribution in [0.5, 0.6) is 0 Å². The number of rotatable bonds is 5. The molecule has 1 aromatic carbocycles. The Balaban J connectivity index is 1.39. The van der Waals surface area contributed by atoms with Crippen LogP contribution in [-0.2, 0) is 22.4 Å². The number of anilines is 1. The normalized spacial score (nSPS) is 20.2. The quantitative estimate of drug-likeness (QED) is 0.674. The molecule has 0 bridgehead atoms. The molecule has 0 aliphatic carbocycles. The number of hydrogen-bond donors (Lipinski definition) is 0. The van der Waals surface area contributed by atoms with Crippen molar-refractivity contribution in [3.8, 4) is 0 Å². The van der Waals surface area contributed by atoms with Gasteiger partial charge in [-0.2, -0.15) is 14.3 Å². The number of urea groups is 1. The van der Waals surface area contributed by atoms with E-state index in [4.69, 9.17) is 0 Å². The topological polar surface area (TPSA) is 60.7 Å². The number of thioether (sulfide) groups is 1. The number of carbonyl (C=O) groups excluding carboxylic acids is 3. The van der Waals surface area contributed by atoms with E-state index in [1.807, 2.05) is 47.2 Å². The van der Waals surface area contributed by atoms with Crippen molar-refractivity contribution in [2.45, 2.75) is 18.1 Å². The van der Waals surface area contributed by atoms with E-state index >= 15 is 0 Å². The summed E-state index contributed by atoms with van der Waals surface area (Å²) in [5.74, 6) is -0.325. The lowest BCUT2D eigenvalue weighted by atomic mass is 10.1. The zero-order chi connectivity index (χ0) is 20.7. The molecule has 0 fully saturated rings. The Morgan fingerprint density at radius 1 is 1.17 bits per heavy atom. The Morgan fingerprint density at radius 3 is 2.87 bits per heavy atom. The van der Waals surface area contributed by atoms with E-state index in [1.165, 1.54) is 21.2 Å². The molecule has 3 aliphatic heterocycles. The third-order valence-corrected chi connectivity index (χ3v) is 7.57. The summed E-state index contributed by atoms with van der Waals surface area (Å²) >= 11 is 3.00. The second-order valence-corrected chi connectivity index (χ2v) is 9.40. The number of imide groups is 1. The molecule has 0 saturated carbocycles. The van der Waals surface area contributed by atoms with Gasteiger partial charge in [-0.1, -0.05) is 24.3 Å². The predicted molar refractivity (Wildman–Crippen MR) is 118 cm³/mol. The van der Waals surface area contributed by atoms with Crippen molar-refractivity contribution in [3.05, 3.63) is 63.7 Å². The van der Waals surface area contributed by atoms with Crippen LogP contribution in [-0.4, -0.2) is 57.9 Å². The molecule has 5 rings (SSSR count). The second-order valence-electron chi connectivity index (χ2n) is 7.36. The highest BCUT2D eigenvalue weighted by molar-refractivity contribution is 8.04. The standard InChI is InChI=1S/C22H20N3O3S2/c26-19(23-10-7-15-4-1-2-6-17(15)23)14-25-18-9-13-30-20(18)21(27)24(22(25)28)11-8-16-5-3-12-29-16/h1-6,9,12-13,20H,7-8,10-11,14H2/q+1. The molecule has 0 saturated heterocycles. The SMILES string of the molecule is O=C1C2SC=CC2=[N+](CC(=O)N2CCc3ccccc32)C(=O)N1CCc1cccs1. The van der Waals surface area contributed by atoms with Crippen LogP contribution in [0, 0.1) is 0 Å². The van der Waals surface area contributed by atoms with Gasteiger partial charge in [-0.05, 0) is 41.0 Å². The van der Waals surface area contributed by atoms with Gasteiger partial charge in [0.25, 0.3) is 5.91 Å². The minimum Gasteiger partial charge on any atom is -0.308 e. The maximum atomic E-state index is 13.2. The summed E-state index contributed by atoms with van der Waals surface area (Å²) < 4.78 is 1.49. The third kappa shape index (κ3) is 3.30. The molecule has 4 heterocycles. The average molecular weight is 439 g/mol. The van der Waals surface area contributed by atoms with Gasteiger partial charge in [0.15, 0.2) is 11.8 Å². The van der Waals surface area contributed by atoms with E-state index in [0.717, 1.165) is 22.5 Å². The molecule has 6 nitrogen and oxygen atoms in total. The van der Waals surface area contributed by atoms with Crippen LogP contribution < -0.4 is 4.90 Å². The molecule has 2 aromatic rings. The Kier molecular flexibility index (Phi) is 5.04. The summed E-state index contributed by atoms with van der Waals surface area (Å²) in [6.07, 6.45) is 3.22. The van der Waals surface area contributed by atoms with Crippen molar-refractivity contribution in [2.24, 2.45) is 0 Å². The lowest BCUT2D eigenvalue weighted by Gasteiger charge is -2.25. The van der Waals surface area contributed by atoms with Gasteiger partial charge in [0.1, 0.15) is 12.3 Å². The first-order chi connectivity index (χ1) is 14.6. The van der Waals surface area contributed by atoms with Crippen LogP contribution in [0.1, 0.15) is 10.4 Å². The van der Waals surface area contributed by atoms with E-state index in [0.29, 0.717) is 25.2 Å². The number of benzene rings is 1. The number of thiophene rings is 1. The molecular formula is C22H20N3O3S2+. The van der Waals surface area contributed by atoms with Crippen molar-refractivity contribution in [2.75, 3.05) is 24.5 Å². The number of hydrogen-bond acceptors (Lipinski definition) is 5. The highest BCUT2D eigenvalue weighted by atomic mass is 32.2.